The van der Waals surface area contributed by atoms with E-state index in [1.165, 1.54) is 13.3 Å². The number of hydrogen-bond donors (Lipinski definition) is 2. The van der Waals surface area contributed by atoms with E-state index in [0.29, 0.717) is 10.8 Å². The van der Waals surface area contributed by atoms with Crippen molar-refractivity contribution in [1.82, 2.24) is 10.3 Å². The summed E-state index contributed by atoms with van der Waals surface area (Å²) in [5.74, 6) is -0.952. The lowest BCUT2D eigenvalue weighted by molar-refractivity contribution is -0.129. The van der Waals surface area contributed by atoms with Crippen LogP contribution >= 0.6 is 0 Å². The summed E-state index contributed by atoms with van der Waals surface area (Å²) in [5.41, 5.74) is 3.36. The van der Waals surface area contributed by atoms with Gasteiger partial charge in [0.2, 0.25) is 5.88 Å². The number of halogens is 2. The van der Waals surface area contributed by atoms with Crippen LogP contribution in [-0.4, -0.2) is 48.9 Å². The smallest absolute Gasteiger partial charge is 0.258 e. The van der Waals surface area contributed by atoms with Crippen molar-refractivity contribution in [2.75, 3.05) is 20.4 Å². The number of carbonyl (C=O) groups excluding carboxylic acids is 2. The molecular formula is C18H19F2N3O4. The zero-order valence-corrected chi connectivity index (χ0v) is 14.6. The number of carbonyl (C=O) groups is 2. The summed E-state index contributed by atoms with van der Waals surface area (Å²) in [6, 6.07) is 4.22. The molecular weight excluding hydrogens is 360 g/mol. The quantitative estimate of drug-likeness (QED) is 0.762. The number of hydrogen-bond acceptors (Lipinski definition) is 5. The number of primary amides is 1. The van der Waals surface area contributed by atoms with E-state index in [0.717, 1.165) is 0 Å². The predicted molar refractivity (Wildman–Crippen MR) is 93.3 cm³/mol. The monoisotopic (exact) mass is 379 g/mol. The Hall–Kier alpha value is -2.97. The number of alkyl halides is 2. The first-order chi connectivity index (χ1) is 12.9. The van der Waals surface area contributed by atoms with Gasteiger partial charge < -0.3 is 20.5 Å². The molecule has 2 heterocycles. The molecule has 1 aliphatic heterocycles. The fourth-order valence-electron chi connectivity index (χ4n) is 3.15. The van der Waals surface area contributed by atoms with Gasteiger partial charge in [-0.3, -0.25) is 14.0 Å². The third-order valence-electron chi connectivity index (χ3n) is 4.54. The minimum Gasteiger partial charge on any atom is -0.496 e. The first-order valence-corrected chi connectivity index (χ1v) is 8.33. The Balaban J connectivity index is 1.82. The number of ether oxygens (including phenoxy) is 2. The van der Waals surface area contributed by atoms with Crippen LogP contribution in [0.25, 0.3) is 10.8 Å². The maximum absolute atomic E-state index is 14.4. The summed E-state index contributed by atoms with van der Waals surface area (Å²) in [4.78, 5) is 27.4. The van der Waals surface area contributed by atoms with Crippen LogP contribution < -0.4 is 20.5 Å². The van der Waals surface area contributed by atoms with Crippen LogP contribution in [0, 0.1) is 0 Å². The lowest BCUT2D eigenvalue weighted by Gasteiger charge is -2.15. The molecule has 1 aromatic heterocycles. The summed E-state index contributed by atoms with van der Waals surface area (Å²) >= 11 is 0. The maximum Gasteiger partial charge on any atom is 0.258 e. The molecule has 1 aromatic carbocycles. The zero-order valence-electron chi connectivity index (χ0n) is 14.6. The van der Waals surface area contributed by atoms with Crippen LogP contribution in [0.4, 0.5) is 8.78 Å². The standard InChI is InChI=1S/C18H19F2N3O4/c1-26-14-7-12-10(6-13(14)15(21)24)2-5-22-16(12)27-9-11-8-18(20,3-4-19)17(25)23-11/h2,5-7,11H,3-4,8-9H2,1H3,(H2,21,24)(H,23,25)/t11-,18-/m0/s1. The van der Waals surface area contributed by atoms with Crippen molar-refractivity contribution in [2.45, 2.75) is 24.6 Å². The first kappa shape index (κ1) is 18.8. The molecule has 1 saturated heterocycles. The van der Waals surface area contributed by atoms with E-state index in [1.807, 2.05) is 0 Å². The number of benzene rings is 1. The van der Waals surface area contributed by atoms with Crippen molar-refractivity contribution in [1.29, 1.82) is 0 Å². The van der Waals surface area contributed by atoms with Crippen molar-refractivity contribution < 1.29 is 27.8 Å². The molecule has 2 aromatic rings. The van der Waals surface area contributed by atoms with Crippen molar-refractivity contribution in [3.63, 3.8) is 0 Å². The number of pyridine rings is 1. The number of fused-ring (bicyclic) bond motifs is 1. The fourth-order valence-corrected chi connectivity index (χ4v) is 3.15. The molecule has 7 nitrogen and oxygen atoms in total. The van der Waals surface area contributed by atoms with E-state index in [4.69, 9.17) is 15.2 Å². The van der Waals surface area contributed by atoms with Gasteiger partial charge in [0.05, 0.1) is 25.4 Å². The Kier molecular flexibility index (Phi) is 5.11. The van der Waals surface area contributed by atoms with Crippen LogP contribution in [-0.2, 0) is 4.79 Å². The van der Waals surface area contributed by atoms with Crippen molar-refractivity contribution in [3.8, 4) is 11.6 Å². The molecule has 2 amide bonds. The number of nitrogens with two attached hydrogens (primary N) is 1. The summed E-state index contributed by atoms with van der Waals surface area (Å²) in [5, 5.41) is 3.70. The maximum atomic E-state index is 14.4. The van der Waals surface area contributed by atoms with Gasteiger partial charge in [-0.25, -0.2) is 9.37 Å². The van der Waals surface area contributed by atoms with E-state index < -0.39 is 36.6 Å². The number of aromatic nitrogens is 1. The van der Waals surface area contributed by atoms with E-state index >= 15 is 0 Å². The molecule has 144 valence electrons. The van der Waals surface area contributed by atoms with Gasteiger partial charge in [0.25, 0.3) is 11.8 Å². The number of amides is 2. The van der Waals surface area contributed by atoms with E-state index in [1.54, 1.807) is 18.2 Å². The molecule has 0 spiro atoms. The zero-order chi connectivity index (χ0) is 19.6. The van der Waals surface area contributed by atoms with Crippen molar-refractivity contribution >= 4 is 22.6 Å². The fraction of sp³-hybridized carbons (Fsp3) is 0.389. The minimum absolute atomic E-state index is 0.0320. The normalized spacial score (nSPS) is 21.9. The number of nitrogens with one attached hydrogen (secondary N) is 1. The van der Waals surface area contributed by atoms with Crippen LogP contribution in [0.5, 0.6) is 11.6 Å². The molecule has 3 N–H and O–H groups in total. The molecule has 27 heavy (non-hydrogen) atoms. The van der Waals surface area contributed by atoms with Gasteiger partial charge in [-0.15, -0.1) is 0 Å². The lowest BCUT2D eigenvalue weighted by Crippen LogP contribution is -2.35. The Morgan fingerprint density at radius 1 is 1.48 bits per heavy atom. The number of nitrogens with zero attached hydrogens (tertiary/aromatic N) is 1. The molecule has 0 radical (unpaired) electrons. The van der Waals surface area contributed by atoms with Crippen molar-refractivity contribution in [3.05, 3.63) is 30.0 Å². The molecule has 3 rings (SSSR count). The molecule has 0 aliphatic carbocycles. The average Bonchev–Trinajstić information content (AvgIpc) is 2.92. The number of methoxy groups -OCH3 is 1. The van der Waals surface area contributed by atoms with Gasteiger partial charge in [-0.1, -0.05) is 0 Å². The van der Waals surface area contributed by atoms with Crippen LogP contribution in [0.15, 0.2) is 24.4 Å². The van der Waals surface area contributed by atoms with E-state index in [2.05, 4.69) is 10.3 Å². The third-order valence-corrected chi connectivity index (χ3v) is 4.54. The molecule has 0 bridgehead atoms. The summed E-state index contributed by atoms with van der Waals surface area (Å²) in [6.45, 7) is -0.944. The highest BCUT2D eigenvalue weighted by Gasteiger charge is 2.47. The van der Waals surface area contributed by atoms with Crippen LogP contribution in [0.1, 0.15) is 23.2 Å². The van der Waals surface area contributed by atoms with Crippen molar-refractivity contribution in [2.24, 2.45) is 5.73 Å². The first-order valence-electron chi connectivity index (χ1n) is 8.33. The van der Waals surface area contributed by atoms with Gasteiger partial charge in [-0.05, 0) is 23.6 Å². The summed E-state index contributed by atoms with van der Waals surface area (Å²) < 4.78 is 37.7. The van der Waals surface area contributed by atoms with Crippen LogP contribution in [0.3, 0.4) is 0 Å². The Morgan fingerprint density at radius 3 is 2.93 bits per heavy atom. The predicted octanol–water partition coefficient (Wildman–Crippen LogP) is 1.68. The van der Waals surface area contributed by atoms with E-state index in [9.17, 15) is 18.4 Å². The van der Waals surface area contributed by atoms with Gasteiger partial charge in [0, 0.05) is 24.4 Å². The summed E-state index contributed by atoms with van der Waals surface area (Å²) in [6.07, 6.45) is 0.843. The molecule has 1 aliphatic rings. The highest BCUT2D eigenvalue weighted by atomic mass is 19.1. The second kappa shape index (κ2) is 7.34. The largest absolute Gasteiger partial charge is 0.496 e. The van der Waals surface area contributed by atoms with E-state index in [-0.39, 0.29) is 30.2 Å². The molecule has 2 atom stereocenters. The second-order valence-electron chi connectivity index (χ2n) is 6.34. The third kappa shape index (κ3) is 3.62. The Bertz CT molecular complexity index is 892. The molecule has 9 heteroatoms. The number of rotatable bonds is 7. The Labute approximate surface area is 153 Å². The summed E-state index contributed by atoms with van der Waals surface area (Å²) in [7, 11) is 1.41. The SMILES string of the molecule is COc1cc2c(OC[C@@H]3C[C@@](F)(CCF)C(=O)N3)nccc2cc1C(N)=O. The molecule has 1 fully saturated rings. The average molecular weight is 379 g/mol. The lowest BCUT2D eigenvalue weighted by atomic mass is 9.98. The topological polar surface area (TPSA) is 104 Å². The minimum atomic E-state index is -2.21. The highest BCUT2D eigenvalue weighted by Crippen LogP contribution is 2.32. The van der Waals surface area contributed by atoms with Gasteiger partial charge >= 0.3 is 0 Å². The molecule has 0 saturated carbocycles. The van der Waals surface area contributed by atoms with Gasteiger partial charge in [0.15, 0.2) is 5.67 Å². The molecule has 0 unspecified atom stereocenters. The Morgan fingerprint density at radius 2 is 2.26 bits per heavy atom. The van der Waals surface area contributed by atoms with Gasteiger partial charge in [-0.2, -0.15) is 0 Å². The highest BCUT2D eigenvalue weighted by molar-refractivity contribution is 6.01. The second-order valence-corrected chi connectivity index (χ2v) is 6.34. The van der Waals surface area contributed by atoms with Crippen LogP contribution in [0.2, 0.25) is 0 Å². The van der Waals surface area contributed by atoms with Gasteiger partial charge in [0.1, 0.15) is 12.4 Å².